The molecular weight excluding hydrogens is 304 g/mol. The number of non-ortho nitro benzene ring substituents is 1. The van der Waals surface area contributed by atoms with Crippen LogP contribution in [0.25, 0.3) is 0 Å². The summed E-state index contributed by atoms with van der Waals surface area (Å²) in [7, 11) is 1.27. The molecule has 0 unspecified atom stereocenters. The maximum atomic E-state index is 11.8. The Bertz CT molecular complexity index is 766. The number of nitrogens with zero attached hydrogens (tertiary/aromatic N) is 2. The number of hydrogen-bond acceptors (Lipinski definition) is 6. The Balaban J connectivity index is 2.34. The normalized spacial score (nSPS) is 9.82. The third kappa shape index (κ3) is 3.42. The monoisotopic (exact) mass is 314 g/mol. The summed E-state index contributed by atoms with van der Waals surface area (Å²) in [5.74, 6) is -0.540. The third-order valence-corrected chi connectivity index (χ3v) is 3.87. The summed E-state index contributed by atoms with van der Waals surface area (Å²) in [4.78, 5) is 23.3. The molecule has 0 aromatic heterocycles. The average Bonchev–Trinajstić information content (AvgIpc) is 2.55. The molecule has 0 radical (unpaired) electrons. The molecule has 0 amide bonds. The molecule has 22 heavy (non-hydrogen) atoms. The summed E-state index contributed by atoms with van der Waals surface area (Å²) in [5, 5.41) is 19.5. The van der Waals surface area contributed by atoms with Crippen molar-refractivity contribution < 1.29 is 14.5 Å². The van der Waals surface area contributed by atoms with E-state index < -0.39 is 10.9 Å². The van der Waals surface area contributed by atoms with E-state index in [0.29, 0.717) is 10.5 Å². The fourth-order valence-electron chi connectivity index (χ4n) is 1.72. The number of rotatable bonds is 4. The van der Waals surface area contributed by atoms with Crippen molar-refractivity contribution in [1.82, 2.24) is 0 Å². The molecule has 0 saturated carbocycles. The number of hydrogen-bond donors (Lipinski definition) is 0. The van der Waals surface area contributed by atoms with Gasteiger partial charge in [-0.3, -0.25) is 10.1 Å². The van der Waals surface area contributed by atoms with Gasteiger partial charge in [0.15, 0.2) is 0 Å². The molecule has 2 aromatic carbocycles. The number of nitro benzene ring substituents is 1. The van der Waals surface area contributed by atoms with E-state index in [-0.39, 0.29) is 11.3 Å². The highest BCUT2D eigenvalue weighted by Crippen LogP contribution is 2.32. The van der Waals surface area contributed by atoms with E-state index in [1.807, 2.05) is 6.07 Å². The second-order valence-corrected chi connectivity index (χ2v) is 5.28. The zero-order chi connectivity index (χ0) is 16.1. The van der Waals surface area contributed by atoms with Gasteiger partial charge >= 0.3 is 5.97 Å². The molecule has 2 aromatic rings. The first kappa shape index (κ1) is 15.5. The van der Waals surface area contributed by atoms with Crippen molar-refractivity contribution >= 4 is 23.4 Å². The van der Waals surface area contributed by atoms with Crippen LogP contribution in [0.2, 0.25) is 0 Å². The lowest BCUT2D eigenvalue weighted by atomic mass is 10.1. The van der Waals surface area contributed by atoms with Crippen molar-refractivity contribution in [2.75, 3.05) is 7.11 Å². The molecule has 7 heteroatoms. The van der Waals surface area contributed by atoms with Crippen LogP contribution >= 0.6 is 11.8 Å². The number of ether oxygens (including phenoxy) is 1. The minimum Gasteiger partial charge on any atom is -0.465 e. The molecular formula is C15H10N2O4S. The molecule has 0 N–H and O–H groups in total. The SMILES string of the molecule is COC(=O)c1cc(C#N)ccc1Sc1ccc([N+](=O)[O-])cc1. The van der Waals surface area contributed by atoms with Gasteiger partial charge in [-0.05, 0) is 30.3 Å². The van der Waals surface area contributed by atoms with Crippen molar-refractivity contribution in [2.24, 2.45) is 0 Å². The molecule has 0 aliphatic rings. The maximum Gasteiger partial charge on any atom is 0.339 e. The van der Waals surface area contributed by atoms with Crippen LogP contribution in [-0.2, 0) is 4.74 Å². The van der Waals surface area contributed by atoms with E-state index in [4.69, 9.17) is 10.00 Å². The fourth-order valence-corrected chi connectivity index (χ4v) is 2.64. The smallest absolute Gasteiger partial charge is 0.339 e. The van der Waals surface area contributed by atoms with Gasteiger partial charge in [-0.15, -0.1) is 0 Å². The van der Waals surface area contributed by atoms with Crippen molar-refractivity contribution in [3.63, 3.8) is 0 Å². The molecule has 0 aliphatic carbocycles. The molecule has 110 valence electrons. The minimum absolute atomic E-state index is 0.00244. The minimum atomic E-state index is -0.540. The molecule has 6 nitrogen and oxygen atoms in total. The first-order valence-electron chi connectivity index (χ1n) is 6.10. The van der Waals surface area contributed by atoms with Crippen molar-refractivity contribution in [1.29, 1.82) is 5.26 Å². The molecule has 0 bridgehead atoms. The Kier molecular flexibility index (Phi) is 4.76. The van der Waals surface area contributed by atoms with Gasteiger partial charge in [0, 0.05) is 21.9 Å². The topological polar surface area (TPSA) is 93.2 Å². The predicted molar refractivity (Wildman–Crippen MR) is 79.7 cm³/mol. The quantitative estimate of drug-likeness (QED) is 0.488. The van der Waals surface area contributed by atoms with Crippen LogP contribution in [0.5, 0.6) is 0 Å². The largest absolute Gasteiger partial charge is 0.465 e. The molecule has 0 spiro atoms. The summed E-state index contributed by atoms with van der Waals surface area (Å²) in [6, 6.07) is 12.7. The Labute approximate surface area is 130 Å². The van der Waals surface area contributed by atoms with E-state index in [1.54, 1.807) is 24.3 Å². The van der Waals surface area contributed by atoms with Crippen LogP contribution in [-0.4, -0.2) is 18.0 Å². The summed E-state index contributed by atoms with van der Waals surface area (Å²) in [6.45, 7) is 0. The number of methoxy groups -OCH3 is 1. The molecule has 0 aliphatic heterocycles. The predicted octanol–water partition coefficient (Wildman–Crippen LogP) is 3.40. The number of nitriles is 1. The summed E-state index contributed by atoms with van der Waals surface area (Å²) >= 11 is 1.26. The van der Waals surface area contributed by atoms with Crippen LogP contribution in [0.3, 0.4) is 0 Å². The highest BCUT2D eigenvalue weighted by atomic mass is 32.2. The van der Waals surface area contributed by atoms with Gasteiger partial charge in [0.2, 0.25) is 0 Å². The maximum absolute atomic E-state index is 11.8. The van der Waals surface area contributed by atoms with Crippen molar-refractivity contribution in [3.8, 4) is 6.07 Å². The van der Waals surface area contributed by atoms with Gasteiger partial charge in [-0.25, -0.2) is 4.79 Å². The Hall–Kier alpha value is -2.85. The molecule has 2 rings (SSSR count). The number of esters is 1. The molecule has 0 saturated heterocycles. The van der Waals surface area contributed by atoms with Gasteiger partial charge in [-0.1, -0.05) is 11.8 Å². The zero-order valence-electron chi connectivity index (χ0n) is 11.5. The first-order valence-corrected chi connectivity index (χ1v) is 6.91. The van der Waals surface area contributed by atoms with Crippen LogP contribution in [0.1, 0.15) is 15.9 Å². The van der Waals surface area contributed by atoms with Crippen LogP contribution in [0.4, 0.5) is 5.69 Å². The number of benzene rings is 2. The highest BCUT2D eigenvalue weighted by Gasteiger charge is 2.14. The lowest BCUT2D eigenvalue weighted by Crippen LogP contribution is -2.03. The van der Waals surface area contributed by atoms with E-state index in [0.717, 1.165) is 4.90 Å². The number of carbonyl (C=O) groups is 1. The summed E-state index contributed by atoms with van der Waals surface area (Å²) in [6.07, 6.45) is 0. The number of nitro groups is 1. The zero-order valence-corrected chi connectivity index (χ0v) is 12.3. The lowest BCUT2D eigenvalue weighted by molar-refractivity contribution is -0.384. The van der Waals surface area contributed by atoms with E-state index in [9.17, 15) is 14.9 Å². The Morgan fingerprint density at radius 3 is 2.50 bits per heavy atom. The fraction of sp³-hybridized carbons (Fsp3) is 0.0667. The van der Waals surface area contributed by atoms with Gasteiger partial charge in [0.1, 0.15) is 0 Å². The summed E-state index contributed by atoms with van der Waals surface area (Å²) < 4.78 is 4.71. The van der Waals surface area contributed by atoms with E-state index in [1.165, 1.54) is 37.1 Å². The van der Waals surface area contributed by atoms with Crippen LogP contribution < -0.4 is 0 Å². The summed E-state index contributed by atoms with van der Waals surface area (Å²) in [5.41, 5.74) is 0.635. The average molecular weight is 314 g/mol. The highest BCUT2D eigenvalue weighted by molar-refractivity contribution is 7.99. The van der Waals surface area contributed by atoms with Crippen LogP contribution in [0.15, 0.2) is 52.3 Å². The van der Waals surface area contributed by atoms with Gasteiger partial charge < -0.3 is 4.74 Å². The first-order chi connectivity index (χ1) is 10.5. The van der Waals surface area contributed by atoms with Gasteiger partial charge in [0.25, 0.3) is 5.69 Å². The standard InChI is InChI=1S/C15H10N2O4S/c1-21-15(18)13-8-10(9-16)2-7-14(13)22-12-5-3-11(4-6-12)17(19)20/h2-8H,1H3. The number of carbonyl (C=O) groups excluding carboxylic acids is 1. The molecule has 0 heterocycles. The van der Waals surface area contributed by atoms with E-state index in [2.05, 4.69) is 0 Å². The second-order valence-electron chi connectivity index (χ2n) is 4.17. The van der Waals surface area contributed by atoms with E-state index >= 15 is 0 Å². The van der Waals surface area contributed by atoms with Crippen molar-refractivity contribution in [2.45, 2.75) is 9.79 Å². The Morgan fingerprint density at radius 2 is 1.95 bits per heavy atom. The Morgan fingerprint density at radius 1 is 1.27 bits per heavy atom. The van der Waals surface area contributed by atoms with Crippen LogP contribution in [0, 0.1) is 21.4 Å². The molecule has 0 atom stereocenters. The lowest BCUT2D eigenvalue weighted by Gasteiger charge is -2.08. The van der Waals surface area contributed by atoms with Gasteiger partial charge in [0.05, 0.1) is 29.2 Å². The van der Waals surface area contributed by atoms with Gasteiger partial charge in [-0.2, -0.15) is 5.26 Å². The van der Waals surface area contributed by atoms with Crippen molar-refractivity contribution in [3.05, 3.63) is 63.7 Å². The third-order valence-electron chi connectivity index (χ3n) is 2.79. The molecule has 0 fully saturated rings. The second kappa shape index (κ2) is 6.74.